The fourth-order valence-electron chi connectivity index (χ4n) is 1.55. The van der Waals surface area contributed by atoms with Crippen LogP contribution < -0.4 is 9.47 Å². The minimum absolute atomic E-state index is 0.0883. The molecule has 0 aliphatic heterocycles. The van der Waals surface area contributed by atoms with Crippen LogP contribution in [0.2, 0.25) is 0 Å². The first-order chi connectivity index (χ1) is 8.69. The summed E-state index contributed by atoms with van der Waals surface area (Å²) < 4.78 is 10.6. The normalized spacial score (nSPS) is 10.4. The molecule has 0 atom stereocenters. The third kappa shape index (κ3) is 2.97. The predicted molar refractivity (Wildman–Crippen MR) is 69.8 cm³/mol. The van der Waals surface area contributed by atoms with Gasteiger partial charge in [-0.3, -0.25) is 4.98 Å². The van der Waals surface area contributed by atoms with Gasteiger partial charge in [-0.05, 0) is 38.1 Å². The summed E-state index contributed by atoms with van der Waals surface area (Å²) in [6, 6.07) is 7.68. The van der Waals surface area contributed by atoms with Gasteiger partial charge in [0.05, 0.1) is 31.3 Å². The Balaban J connectivity index is 2.26. The van der Waals surface area contributed by atoms with Crippen LogP contribution in [0, 0.1) is 0 Å². The van der Waals surface area contributed by atoms with Crippen LogP contribution in [0.3, 0.4) is 0 Å². The number of rotatable bonds is 4. The zero-order valence-electron chi connectivity index (χ0n) is 10.8. The van der Waals surface area contributed by atoms with Crippen molar-refractivity contribution in [1.29, 1.82) is 0 Å². The molecule has 0 aliphatic carbocycles. The molecule has 0 bridgehead atoms. The molecule has 0 aliphatic rings. The minimum Gasteiger partial charge on any atom is -0.497 e. The molecule has 2 rings (SSSR count). The van der Waals surface area contributed by atoms with E-state index in [4.69, 9.17) is 9.47 Å². The molecule has 18 heavy (non-hydrogen) atoms. The van der Waals surface area contributed by atoms with Gasteiger partial charge in [0.15, 0.2) is 0 Å². The summed E-state index contributed by atoms with van der Waals surface area (Å²) in [5, 5.41) is 0. The van der Waals surface area contributed by atoms with Crippen molar-refractivity contribution in [3.63, 3.8) is 0 Å². The number of ether oxygens (including phenoxy) is 2. The minimum atomic E-state index is 0.0883. The van der Waals surface area contributed by atoms with E-state index in [1.165, 1.54) is 0 Å². The largest absolute Gasteiger partial charge is 0.497 e. The summed E-state index contributed by atoms with van der Waals surface area (Å²) in [5.41, 5.74) is 1.77. The third-order valence-electron chi connectivity index (χ3n) is 2.35. The Hall–Kier alpha value is -2.10. The molecule has 0 unspecified atom stereocenters. The third-order valence-corrected chi connectivity index (χ3v) is 2.35. The highest BCUT2D eigenvalue weighted by atomic mass is 16.5. The number of benzene rings is 1. The van der Waals surface area contributed by atoms with Gasteiger partial charge in [-0.2, -0.15) is 0 Å². The average molecular weight is 244 g/mol. The Kier molecular flexibility index (Phi) is 3.77. The molecule has 4 nitrogen and oxygen atoms in total. The molecule has 0 amide bonds. The lowest BCUT2D eigenvalue weighted by Gasteiger charge is -2.09. The zero-order valence-corrected chi connectivity index (χ0v) is 10.8. The lowest BCUT2D eigenvalue weighted by atomic mass is 10.1. The van der Waals surface area contributed by atoms with Gasteiger partial charge in [-0.1, -0.05) is 0 Å². The Bertz CT molecular complexity index is 509. The number of hydrogen-bond donors (Lipinski definition) is 0. The van der Waals surface area contributed by atoms with Gasteiger partial charge in [0, 0.05) is 5.56 Å². The van der Waals surface area contributed by atoms with Gasteiger partial charge >= 0.3 is 0 Å². The molecule has 0 radical (unpaired) electrons. The molecule has 0 N–H and O–H groups in total. The molecule has 0 saturated carbocycles. The molecule has 2 aromatic rings. The first-order valence-corrected chi connectivity index (χ1v) is 5.82. The molecule has 0 fully saturated rings. The Morgan fingerprint density at radius 3 is 2.39 bits per heavy atom. The van der Waals surface area contributed by atoms with E-state index in [0.29, 0.717) is 5.88 Å². The number of nitrogens with zero attached hydrogens (tertiary/aromatic N) is 2. The summed E-state index contributed by atoms with van der Waals surface area (Å²) in [6.07, 6.45) is 3.42. The van der Waals surface area contributed by atoms with Crippen molar-refractivity contribution < 1.29 is 9.47 Å². The highest BCUT2D eigenvalue weighted by Gasteiger charge is 2.04. The molecular formula is C14H16N2O2. The second-order valence-corrected chi connectivity index (χ2v) is 4.14. The van der Waals surface area contributed by atoms with Crippen molar-refractivity contribution in [2.75, 3.05) is 7.11 Å². The van der Waals surface area contributed by atoms with Crippen LogP contribution in [0.15, 0.2) is 36.7 Å². The van der Waals surface area contributed by atoms with Gasteiger partial charge in [0.25, 0.3) is 0 Å². The maximum Gasteiger partial charge on any atom is 0.233 e. The smallest absolute Gasteiger partial charge is 0.233 e. The summed E-state index contributed by atoms with van der Waals surface area (Å²) >= 11 is 0. The lowest BCUT2D eigenvalue weighted by Crippen LogP contribution is -2.07. The second-order valence-electron chi connectivity index (χ2n) is 4.14. The number of hydrogen-bond acceptors (Lipinski definition) is 4. The highest BCUT2D eigenvalue weighted by molar-refractivity contribution is 5.59. The molecule has 0 saturated heterocycles. The molecule has 94 valence electrons. The maximum absolute atomic E-state index is 5.52. The monoisotopic (exact) mass is 244 g/mol. The van der Waals surface area contributed by atoms with Crippen molar-refractivity contribution in [2.45, 2.75) is 20.0 Å². The summed E-state index contributed by atoms with van der Waals surface area (Å²) in [5.74, 6) is 1.36. The summed E-state index contributed by atoms with van der Waals surface area (Å²) in [7, 11) is 1.64. The first-order valence-electron chi connectivity index (χ1n) is 5.82. The molecular weight excluding hydrogens is 228 g/mol. The second kappa shape index (κ2) is 5.49. The fourth-order valence-corrected chi connectivity index (χ4v) is 1.55. The summed E-state index contributed by atoms with van der Waals surface area (Å²) in [4.78, 5) is 8.55. The van der Waals surface area contributed by atoms with Gasteiger partial charge < -0.3 is 9.47 Å². The molecule has 4 heteroatoms. The van der Waals surface area contributed by atoms with E-state index in [2.05, 4.69) is 9.97 Å². The molecule has 1 aromatic carbocycles. The van der Waals surface area contributed by atoms with Crippen LogP contribution in [0.5, 0.6) is 11.6 Å². The van der Waals surface area contributed by atoms with Crippen molar-refractivity contribution in [2.24, 2.45) is 0 Å². The van der Waals surface area contributed by atoms with Crippen LogP contribution >= 0.6 is 0 Å². The maximum atomic E-state index is 5.52. The van der Waals surface area contributed by atoms with Crippen LogP contribution in [0.25, 0.3) is 11.3 Å². The van der Waals surface area contributed by atoms with E-state index in [1.807, 2.05) is 38.1 Å². The average Bonchev–Trinajstić information content (AvgIpc) is 2.38. The first kappa shape index (κ1) is 12.4. The van der Waals surface area contributed by atoms with E-state index in [1.54, 1.807) is 19.5 Å². The van der Waals surface area contributed by atoms with Crippen LogP contribution in [0.1, 0.15) is 13.8 Å². The van der Waals surface area contributed by atoms with E-state index < -0.39 is 0 Å². The van der Waals surface area contributed by atoms with Crippen molar-refractivity contribution >= 4 is 0 Å². The Labute approximate surface area is 107 Å². The SMILES string of the molecule is COc1ccc(-c2cncc(OC(C)C)n2)cc1. The number of aromatic nitrogens is 2. The Morgan fingerprint density at radius 2 is 1.78 bits per heavy atom. The van der Waals surface area contributed by atoms with Crippen molar-refractivity contribution in [1.82, 2.24) is 9.97 Å². The van der Waals surface area contributed by atoms with Gasteiger partial charge in [0.2, 0.25) is 5.88 Å². The van der Waals surface area contributed by atoms with E-state index in [9.17, 15) is 0 Å². The van der Waals surface area contributed by atoms with Gasteiger partial charge in [-0.25, -0.2) is 4.98 Å². The standard InChI is InChI=1S/C14H16N2O2/c1-10(2)18-14-9-15-8-13(16-14)11-4-6-12(17-3)7-5-11/h4-10H,1-3H3. The zero-order chi connectivity index (χ0) is 13.0. The van der Waals surface area contributed by atoms with Gasteiger partial charge in [-0.15, -0.1) is 0 Å². The van der Waals surface area contributed by atoms with E-state index in [0.717, 1.165) is 17.0 Å². The molecule has 1 aromatic heterocycles. The lowest BCUT2D eigenvalue weighted by molar-refractivity contribution is 0.232. The van der Waals surface area contributed by atoms with E-state index in [-0.39, 0.29) is 6.10 Å². The number of methoxy groups -OCH3 is 1. The van der Waals surface area contributed by atoms with Crippen LogP contribution in [-0.4, -0.2) is 23.2 Å². The van der Waals surface area contributed by atoms with Crippen LogP contribution in [-0.2, 0) is 0 Å². The van der Waals surface area contributed by atoms with E-state index >= 15 is 0 Å². The molecule has 0 spiro atoms. The van der Waals surface area contributed by atoms with Gasteiger partial charge in [0.1, 0.15) is 5.75 Å². The summed E-state index contributed by atoms with van der Waals surface area (Å²) in [6.45, 7) is 3.92. The Morgan fingerprint density at radius 1 is 1.06 bits per heavy atom. The van der Waals surface area contributed by atoms with Crippen molar-refractivity contribution in [3.05, 3.63) is 36.7 Å². The quantitative estimate of drug-likeness (QED) is 0.829. The topological polar surface area (TPSA) is 44.2 Å². The van der Waals surface area contributed by atoms with Crippen molar-refractivity contribution in [3.8, 4) is 22.9 Å². The fraction of sp³-hybridized carbons (Fsp3) is 0.286. The van der Waals surface area contributed by atoms with Crippen LogP contribution in [0.4, 0.5) is 0 Å². The highest BCUT2D eigenvalue weighted by Crippen LogP contribution is 2.21. The predicted octanol–water partition coefficient (Wildman–Crippen LogP) is 2.94. The molecule has 1 heterocycles.